The van der Waals surface area contributed by atoms with Gasteiger partial charge in [-0.05, 0) is 99.1 Å². The fourth-order valence-corrected chi connectivity index (χ4v) is 9.06. The van der Waals surface area contributed by atoms with E-state index >= 15 is 0 Å². The van der Waals surface area contributed by atoms with Crippen LogP contribution in [0.25, 0.3) is 111 Å². The molecule has 9 aromatic carbocycles. The molecular formula is C57H37N5. The van der Waals surface area contributed by atoms with Gasteiger partial charge in [0.1, 0.15) is 0 Å². The highest BCUT2D eigenvalue weighted by Gasteiger charge is 2.20. The Bertz CT molecular complexity index is 3340. The van der Waals surface area contributed by atoms with E-state index in [2.05, 4.69) is 234 Å². The molecule has 5 heteroatoms. The van der Waals surface area contributed by atoms with Gasteiger partial charge in [-0.25, -0.2) is 0 Å². The molecule has 0 spiro atoms. The number of nitrogens with zero attached hydrogens (tertiary/aromatic N) is 5. The predicted octanol–water partition coefficient (Wildman–Crippen LogP) is 14.4. The monoisotopic (exact) mass is 791 g/mol. The van der Waals surface area contributed by atoms with Crippen LogP contribution in [-0.4, -0.2) is 24.1 Å². The molecule has 0 aliphatic carbocycles. The van der Waals surface area contributed by atoms with Crippen molar-refractivity contribution >= 4 is 43.6 Å². The standard InChI is InChI=1S/C57H37N5/c1-3-17-38(18-4-1)44-35-45(39-19-5-2-6-20-39)37-46(36-44)42-23-15-21-40(33-42)41-22-16-24-43(34-41)55-58-56(61-51-29-11-7-25-47(51)48-26-8-12-30-52(48)61)60-57(59-55)62-53-31-13-9-27-49(53)50-28-10-14-32-54(50)62/h1-37H. The third-order valence-electron chi connectivity index (χ3n) is 12.0. The molecule has 0 amide bonds. The lowest BCUT2D eigenvalue weighted by Crippen LogP contribution is -2.10. The maximum atomic E-state index is 5.33. The van der Waals surface area contributed by atoms with E-state index in [0.29, 0.717) is 17.7 Å². The van der Waals surface area contributed by atoms with E-state index in [1.807, 2.05) is 0 Å². The van der Waals surface area contributed by atoms with Crippen molar-refractivity contribution < 1.29 is 0 Å². The summed E-state index contributed by atoms with van der Waals surface area (Å²) in [6.45, 7) is 0. The van der Waals surface area contributed by atoms with E-state index in [4.69, 9.17) is 15.0 Å². The molecule has 0 aliphatic heterocycles. The van der Waals surface area contributed by atoms with Crippen molar-refractivity contribution in [1.82, 2.24) is 24.1 Å². The molecule has 5 nitrogen and oxygen atoms in total. The summed E-state index contributed by atoms with van der Waals surface area (Å²) in [5.41, 5.74) is 14.3. The van der Waals surface area contributed by atoms with Crippen molar-refractivity contribution in [3.05, 3.63) is 224 Å². The van der Waals surface area contributed by atoms with Crippen molar-refractivity contribution in [3.8, 4) is 67.8 Å². The fourth-order valence-electron chi connectivity index (χ4n) is 9.06. The Morgan fingerprint density at radius 1 is 0.226 bits per heavy atom. The number of rotatable bonds is 7. The van der Waals surface area contributed by atoms with Crippen molar-refractivity contribution in [2.24, 2.45) is 0 Å². The van der Waals surface area contributed by atoms with Crippen LogP contribution in [0.3, 0.4) is 0 Å². The Hall–Kier alpha value is -8.41. The van der Waals surface area contributed by atoms with Crippen molar-refractivity contribution in [2.75, 3.05) is 0 Å². The molecule has 0 fully saturated rings. The number of aromatic nitrogens is 5. The maximum Gasteiger partial charge on any atom is 0.240 e. The Labute approximate surface area is 358 Å². The summed E-state index contributed by atoms with van der Waals surface area (Å²) < 4.78 is 4.35. The molecule has 3 heterocycles. The first kappa shape index (κ1) is 35.5. The fraction of sp³-hybridized carbons (Fsp3) is 0. The van der Waals surface area contributed by atoms with Crippen molar-refractivity contribution in [2.45, 2.75) is 0 Å². The summed E-state index contributed by atoms with van der Waals surface area (Å²) in [6.07, 6.45) is 0. The average molecular weight is 792 g/mol. The second kappa shape index (κ2) is 14.7. The average Bonchev–Trinajstić information content (AvgIpc) is 3.88. The lowest BCUT2D eigenvalue weighted by atomic mass is 9.92. The minimum Gasteiger partial charge on any atom is -0.278 e. The van der Waals surface area contributed by atoms with Crippen LogP contribution in [0.1, 0.15) is 0 Å². The Kier molecular flexibility index (Phi) is 8.42. The molecule has 0 radical (unpaired) electrons. The van der Waals surface area contributed by atoms with Crippen LogP contribution >= 0.6 is 0 Å². The number of fused-ring (bicyclic) bond motifs is 6. The number of benzene rings is 9. The molecule has 290 valence electrons. The van der Waals surface area contributed by atoms with Gasteiger partial charge in [-0.3, -0.25) is 9.13 Å². The van der Waals surface area contributed by atoms with E-state index in [1.54, 1.807) is 0 Å². The first-order chi connectivity index (χ1) is 30.7. The largest absolute Gasteiger partial charge is 0.278 e. The van der Waals surface area contributed by atoms with Gasteiger partial charge in [0.05, 0.1) is 22.1 Å². The molecular weight excluding hydrogens is 755 g/mol. The SMILES string of the molecule is c1ccc(-c2cc(-c3ccccc3)cc(-c3cccc(-c4cccc(-c5nc(-n6c7ccccc7c7ccccc76)nc(-n6c7ccccc7c7ccccc76)n5)c4)c3)c2)cc1. The number of hydrogen-bond acceptors (Lipinski definition) is 3. The van der Waals surface area contributed by atoms with Crippen LogP contribution < -0.4 is 0 Å². The third-order valence-corrected chi connectivity index (χ3v) is 12.0. The summed E-state index contributed by atoms with van der Waals surface area (Å²) in [7, 11) is 0. The van der Waals surface area contributed by atoms with Crippen LogP contribution in [0, 0.1) is 0 Å². The second-order valence-electron chi connectivity index (χ2n) is 15.7. The van der Waals surface area contributed by atoms with Gasteiger partial charge in [-0.15, -0.1) is 0 Å². The minimum absolute atomic E-state index is 0.559. The molecule has 0 saturated carbocycles. The van der Waals surface area contributed by atoms with Crippen LogP contribution in [0.4, 0.5) is 0 Å². The van der Waals surface area contributed by atoms with Crippen LogP contribution in [-0.2, 0) is 0 Å². The van der Waals surface area contributed by atoms with Crippen molar-refractivity contribution in [3.63, 3.8) is 0 Å². The molecule has 0 saturated heterocycles. The zero-order valence-electron chi connectivity index (χ0n) is 33.6. The molecule has 62 heavy (non-hydrogen) atoms. The maximum absolute atomic E-state index is 5.33. The summed E-state index contributed by atoms with van der Waals surface area (Å²) >= 11 is 0. The first-order valence-electron chi connectivity index (χ1n) is 20.9. The van der Waals surface area contributed by atoms with Gasteiger partial charge in [0.15, 0.2) is 5.82 Å². The Morgan fingerprint density at radius 2 is 0.516 bits per heavy atom. The molecule has 12 rings (SSSR count). The summed E-state index contributed by atoms with van der Waals surface area (Å²) in [6, 6.07) is 79.4. The zero-order chi connectivity index (χ0) is 41.0. The van der Waals surface area contributed by atoms with Gasteiger partial charge in [0, 0.05) is 27.1 Å². The van der Waals surface area contributed by atoms with Crippen LogP contribution in [0.15, 0.2) is 224 Å². The molecule has 0 atom stereocenters. The van der Waals surface area contributed by atoms with Crippen molar-refractivity contribution in [1.29, 1.82) is 0 Å². The van der Waals surface area contributed by atoms with Crippen LogP contribution in [0.2, 0.25) is 0 Å². The van der Waals surface area contributed by atoms with Gasteiger partial charge in [-0.1, -0.05) is 170 Å². The van der Waals surface area contributed by atoms with Gasteiger partial charge >= 0.3 is 0 Å². The Balaban J connectivity index is 1.03. The lowest BCUT2D eigenvalue weighted by molar-refractivity contribution is 0.893. The number of para-hydroxylation sites is 4. The third kappa shape index (κ3) is 6.06. The number of hydrogen-bond donors (Lipinski definition) is 0. The van der Waals surface area contributed by atoms with E-state index in [9.17, 15) is 0 Å². The molecule has 0 bridgehead atoms. The quantitative estimate of drug-likeness (QED) is 0.162. The summed E-state index contributed by atoms with van der Waals surface area (Å²) in [5.74, 6) is 1.71. The highest BCUT2D eigenvalue weighted by atomic mass is 15.3. The summed E-state index contributed by atoms with van der Waals surface area (Å²) in [5, 5.41) is 4.59. The topological polar surface area (TPSA) is 48.5 Å². The first-order valence-corrected chi connectivity index (χ1v) is 20.9. The molecule has 0 unspecified atom stereocenters. The second-order valence-corrected chi connectivity index (χ2v) is 15.7. The Morgan fingerprint density at radius 3 is 0.935 bits per heavy atom. The predicted molar refractivity (Wildman–Crippen MR) is 256 cm³/mol. The van der Waals surface area contributed by atoms with E-state index < -0.39 is 0 Å². The van der Waals surface area contributed by atoms with E-state index in [0.717, 1.165) is 71.4 Å². The van der Waals surface area contributed by atoms with E-state index in [1.165, 1.54) is 22.3 Å². The highest BCUT2D eigenvalue weighted by molar-refractivity contribution is 6.10. The zero-order valence-corrected chi connectivity index (χ0v) is 33.6. The lowest BCUT2D eigenvalue weighted by Gasteiger charge is -2.14. The van der Waals surface area contributed by atoms with Gasteiger partial charge in [0.2, 0.25) is 11.9 Å². The molecule has 0 N–H and O–H groups in total. The highest BCUT2D eigenvalue weighted by Crippen LogP contribution is 2.37. The van der Waals surface area contributed by atoms with E-state index in [-0.39, 0.29) is 0 Å². The molecule has 12 aromatic rings. The summed E-state index contributed by atoms with van der Waals surface area (Å²) in [4.78, 5) is 16.0. The smallest absolute Gasteiger partial charge is 0.240 e. The van der Waals surface area contributed by atoms with Gasteiger partial charge in [0.25, 0.3) is 0 Å². The van der Waals surface area contributed by atoms with Crippen LogP contribution in [0.5, 0.6) is 0 Å². The molecule has 3 aromatic heterocycles. The normalized spacial score (nSPS) is 11.5. The minimum atomic E-state index is 0.559. The molecule has 0 aliphatic rings. The van der Waals surface area contributed by atoms with Gasteiger partial charge < -0.3 is 0 Å². The van der Waals surface area contributed by atoms with Gasteiger partial charge in [-0.2, -0.15) is 15.0 Å².